The van der Waals surface area contributed by atoms with Gasteiger partial charge in [-0.15, -0.1) is 0 Å². The minimum absolute atomic E-state index is 0.114. The molecule has 6 aromatic rings. The predicted octanol–water partition coefficient (Wildman–Crippen LogP) is 6.67. The molecule has 3 aromatic heterocycles. The summed E-state index contributed by atoms with van der Waals surface area (Å²) < 4.78 is 5.34. The lowest BCUT2D eigenvalue weighted by atomic mass is 9.96. The van der Waals surface area contributed by atoms with Crippen LogP contribution < -0.4 is 21.3 Å². The minimum Gasteiger partial charge on any atom is -0.444 e. The fraction of sp³-hybridized carbons (Fsp3) is 0.450. The summed E-state index contributed by atoms with van der Waals surface area (Å²) in [5.41, 5.74) is 1.99. The normalized spacial score (nSPS) is 12.8. The number of nitrogens with zero attached hydrogens (tertiary/aromatic N) is 3. The first-order chi connectivity index (χ1) is 37.1. The maximum absolute atomic E-state index is 13.3. The van der Waals surface area contributed by atoms with Gasteiger partial charge in [0.05, 0.1) is 11.1 Å². The number of ether oxygens (including phenoxy) is 1. The SMILES string of the molecule is CC(=O)C(C)(C)N(C)C(=O)[C@@H](Cc1c[nH]c2ccccc12)NC(=O)OC(C)(C)C.CC(=O)N[C@H](Cc1c[nH]c2ccccc12)C(=O)N(C)C(C)(C)C(C)=O.CNC(=O)C(C)(C)N(C)C(=O)[C@@H](Cc1c[nH]c2ccccc12)NC(C)=O. The van der Waals surface area contributed by atoms with E-state index in [-0.39, 0.29) is 53.4 Å². The summed E-state index contributed by atoms with van der Waals surface area (Å²) in [7, 11) is 6.26. The molecule has 3 heterocycles. The van der Waals surface area contributed by atoms with Gasteiger partial charge in [0.25, 0.3) is 0 Å². The summed E-state index contributed by atoms with van der Waals surface area (Å²) >= 11 is 0. The molecule has 0 saturated heterocycles. The Morgan fingerprint density at radius 1 is 0.463 bits per heavy atom. The van der Waals surface area contributed by atoms with Gasteiger partial charge in [0.1, 0.15) is 29.3 Å². The van der Waals surface area contributed by atoms with E-state index in [0.29, 0.717) is 12.8 Å². The quantitative estimate of drug-likeness (QED) is 0.0481. The van der Waals surface area contributed by atoms with Crippen LogP contribution in [0, 0.1) is 0 Å². The lowest BCUT2D eigenvalue weighted by Gasteiger charge is -2.36. The molecule has 0 bridgehead atoms. The molecule has 3 atom stereocenters. The molecule has 0 aliphatic carbocycles. The zero-order valence-electron chi connectivity index (χ0n) is 49.4. The summed E-state index contributed by atoms with van der Waals surface area (Å²) in [4.78, 5) is 125. The molecule has 0 unspecified atom stereocenters. The highest BCUT2D eigenvalue weighted by Gasteiger charge is 2.40. The number of para-hydroxylation sites is 3. The Hall–Kier alpha value is -8.29. The number of H-pyrrole nitrogens is 3. The van der Waals surface area contributed by atoms with Gasteiger partial charge < -0.3 is 55.7 Å². The molecule has 80 heavy (non-hydrogen) atoms. The number of carbonyl (C=O) groups excluding carboxylic acids is 9. The number of nitrogens with one attached hydrogen (secondary N) is 7. The summed E-state index contributed by atoms with van der Waals surface area (Å²) in [6, 6.07) is 20.9. The van der Waals surface area contributed by atoms with Crippen molar-refractivity contribution >= 4 is 85.8 Å². The van der Waals surface area contributed by atoms with Crippen LogP contribution in [0.4, 0.5) is 4.79 Å². The second-order valence-corrected chi connectivity index (χ2v) is 22.5. The largest absolute Gasteiger partial charge is 0.444 e. The van der Waals surface area contributed by atoms with Crippen LogP contribution in [0.15, 0.2) is 91.4 Å². The Balaban J connectivity index is 0.000000259. The first-order valence-electron chi connectivity index (χ1n) is 26.4. The number of hydrogen-bond acceptors (Lipinski definition) is 10. The van der Waals surface area contributed by atoms with Gasteiger partial charge in [0.15, 0.2) is 11.6 Å². The third-order valence-corrected chi connectivity index (χ3v) is 14.7. The number of benzene rings is 3. The molecule has 0 spiro atoms. The number of ketones is 2. The molecule has 20 nitrogen and oxygen atoms in total. The van der Waals surface area contributed by atoms with E-state index in [1.165, 1.54) is 49.4 Å². The third kappa shape index (κ3) is 16.2. The van der Waals surface area contributed by atoms with Crippen LogP contribution in [0.5, 0.6) is 0 Å². The molecule has 0 fully saturated rings. The number of hydrogen-bond donors (Lipinski definition) is 7. The van der Waals surface area contributed by atoms with E-state index in [9.17, 15) is 43.2 Å². The Labute approximate surface area is 468 Å². The Bertz CT molecular complexity index is 3210. The highest BCUT2D eigenvalue weighted by molar-refractivity contribution is 5.97. The molecule has 7 amide bonds. The zero-order chi connectivity index (χ0) is 60.2. The Kier molecular flexibility index (Phi) is 21.3. The predicted molar refractivity (Wildman–Crippen MR) is 310 cm³/mol. The molecule has 3 aromatic carbocycles. The van der Waals surface area contributed by atoms with E-state index in [0.717, 1.165) is 49.4 Å². The number of fused-ring (bicyclic) bond motifs is 3. The number of likely N-dealkylation sites (N-methyl/N-ethyl adjacent to an activating group) is 4. The van der Waals surface area contributed by atoms with Crippen molar-refractivity contribution in [1.82, 2.24) is 50.9 Å². The van der Waals surface area contributed by atoms with Gasteiger partial charge in [-0.25, -0.2) is 4.79 Å². The molecular formula is C60H82N10O10. The number of carbonyl (C=O) groups is 9. The fourth-order valence-electron chi connectivity index (χ4n) is 8.56. The standard InChI is InChI=1S/C22H31N3O4.C19H26N4O3.C19H25N3O3/c1-14(26)22(5,6)25(7)19(27)18(24-20(28)29-21(2,3)4)12-15-13-23-17-11-9-8-10-16(15)17;1-12(24)22-16(17(25)23(5)19(2,3)18(26)20-4)10-13-11-21-15-9-7-6-8-14(13)15;1-12(23)19(3,4)22(5)18(25)17(21-13(2)24)10-14-11-20-16-9-7-6-8-15(14)16/h8-11,13,18,23H,12H2,1-7H3,(H,24,28);6-9,11,16,21H,10H2,1-5H3,(H,20,26)(H,22,24);6-9,11,17,20H,10H2,1-5H3,(H,21,24)/t18-;16-;17-/m111/s1. The van der Waals surface area contributed by atoms with Gasteiger partial charge >= 0.3 is 6.09 Å². The van der Waals surface area contributed by atoms with E-state index in [1.54, 1.807) is 83.5 Å². The Morgan fingerprint density at radius 2 is 0.750 bits per heavy atom. The summed E-state index contributed by atoms with van der Waals surface area (Å²) in [6.45, 7) is 21.0. The monoisotopic (exact) mass is 1100 g/mol. The van der Waals surface area contributed by atoms with Crippen LogP contribution in [0.3, 0.4) is 0 Å². The molecule has 7 N–H and O–H groups in total. The second kappa shape index (κ2) is 26.6. The number of amides is 7. The molecule has 20 heteroatoms. The Morgan fingerprint density at radius 3 is 1.02 bits per heavy atom. The molecule has 6 rings (SSSR count). The smallest absolute Gasteiger partial charge is 0.408 e. The van der Waals surface area contributed by atoms with Crippen molar-refractivity contribution in [1.29, 1.82) is 0 Å². The van der Waals surface area contributed by atoms with Crippen molar-refractivity contribution in [2.24, 2.45) is 0 Å². The number of aromatic amines is 3. The van der Waals surface area contributed by atoms with Crippen molar-refractivity contribution < 1.29 is 47.9 Å². The van der Waals surface area contributed by atoms with Crippen molar-refractivity contribution in [3.05, 3.63) is 108 Å². The maximum Gasteiger partial charge on any atom is 0.408 e. The minimum atomic E-state index is -1.04. The van der Waals surface area contributed by atoms with Crippen LogP contribution in [0.2, 0.25) is 0 Å². The number of Topliss-reactive ketones (excluding diaryl/α,β-unsaturated/α-hetero) is 2. The lowest BCUT2D eigenvalue weighted by Crippen LogP contribution is -2.59. The summed E-state index contributed by atoms with van der Waals surface area (Å²) in [5.74, 6) is -2.09. The molecule has 432 valence electrons. The van der Waals surface area contributed by atoms with E-state index in [1.807, 2.05) is 91.4 Å². The van der Waals surface area contributed by atoms with Gasteiger partial charge in [-0.2, -0.15) is 0 Å². The van der Waals surface area contributed by atoms with Crippen LogP contribution >= 0.6 is 0 Å². The first kappa shape index (κ1) is 64.2. The average molecular weight is 1100 g/mol. The van der Waals surface area contributed by atoms with E-state index in [4.69, 9.17) is 4.74 Å². The first-order valence-corrected chi connectivity index (χ1v) is 26.4. The summed E-state index contributed by atoms with van der Waals surface area (Å²) in [5, 5.41) is 13.7. The highest BCUT2D eigenvalue weighted by atomic mass is 16.6. The number of rotatable bonds is 18. The second-order valence-electron chi connectivity index (χ2n) is 22.5. The van der Waals surface area contributed by atoms with E-state index >= 15 is 0 Å². The fourth-order valence-corrected chi connectivity index (χ4v) is 8.56. The van der Waals surface area contributed by atoms with Crippen molar-refractivity contribution in [2.45, 2.75) is 150 Å². The topological polar surface area (TPSA) is 268 Å². The highest BCUT2D eigenvalue weighted by Crippen LogP contribution is 2.25. The summed E-state index contributed by atoms with van der Waals surface area (Å²) in [6.07, 6.45) is 5.79. The average Bonchev–Trinajstić information content (AvgIpc) is 4.13. The molecule has 0 saturated carbocycles. The van der Waals surface area contributed by atoms with Gasteiger partial charge in [-0.05, 0) is 111 Å². The lowest BCUT2D eigenvalue weighted by molar-refractivity contribution is -0.146. The van der Waals surface area contributed by atoms with Crippen molar-refractivity contribution in [2.75, 3.05) is 28.2 Å². The van der Waals surface area contributed by atoms with E-state index in [2.05, 4.69) is 36.2 Å². The number of aromatic nitrogens is 3. The molecule has 0 aliphatic rings. The zero-order valence-corrected chi connectivity index (χ0v) is 49.4. The maximum atomic E-state index is 13.3. The van der Waals surface area contributed by atoms with Gasteiger partial charge in [0, 0.05) is 113 Å². The molecule has 0 aliphatic heterocycles. The van der Waals surface area contributed by atoms with Crippen molar-refractivity contribution in [3.63, 3.8) is 0 Å². The van der Waals surface area contributed by atoms with Crippen molar-refractivity contribution in [3.8, 4) is 0 Å². The van der Waals surface area contributed by atoms with Crippen LogP contribution in [0.25, 0.3) is 32.7 Å². The van der Waals surface area contributed by atoms with Gasteiger partial charge in [-0.1, -0.05) is 54.6 Å². The molecular weight excluding hydrogens is 1020 g/mol. The van der Waals surface area contributed by atoms with Gasteiger partial charge in [0.2, 0.25) is 35.4 Å². The number of alkyl carbamates (subject to hydrolysis) is 1. The van der Waals surface area contributed by atoms with Gasteiger partial charge in [-0.3, -0.25) is 38.4 Å². The molecule has 0 radical (unpaired) electrons. The van der Waals surface area contributed by atoms with E-state index < -0.39 is 46.4 Å². The van der Waals surface area contributed by atoms with Crippen LogP contribution in [0.1, 0.15) is 107 Å². The van der Waals surface area contributed by atoms with Crippen LogP contribution in [-0.2, 0) is 62.4 Å². The van der Waals surface area contributed by atoms with Crippen LogP contribution in [-0.4, -0.2) is 151 Å². The third-order valence-electron chi connectivity index (χ3n) is 14.7.